The Kier molecular flexibility index (Phi) is 4.87. The summed E-state index contributed by atoms with van der Waals surface area (Å²) >= 11 is 0. The Bertz CT molecular complexity index is 1010. The molecule has 3 unspecified atom stereocenters. The van der Waals surface area contributed by atoms with Gasteiger partial charge in [0.25, 0.3) is 0 Å². The van der Waals surface area contributed by atoms with Gasteiger partial charge < -0.3 is 10.3 Å². The van der Waals surface area contributed by atoms with Gasteiger partial charge in [-0.25, -0.2) is 10.4 Å². The lowest BCUT2D eigenvalue weighted by molar-refractivity contribution is -0.118. The molecule has 1 amide bonds. The minimum absolute atomic E-state index is 0.0584. The number of nitrogens with zero attached hydrogens (tertiary/aromatic N) is 2. The van der Waals surface area contributed by atoms with Crippen molar-refractivity contribution in [2.75, 3.05) is 5.32 Å². The number of H-pyrrole nitrogens is 1. The fourth-order valence-corrected chi connectivity index (χ4v) is 3.47. The van der Waals surface area contributed by atoms with Crippen molar-refractivity contribution in [3.63, 3.8) is 0 Å². The highest BCUT2D eigenvalue weighted by Crippen LogP contribution is 2.26. The van der Waals surface area contributed by atoms with Gasteiger partial charge in [-0.2, -0.15) is 0 Å². The average molecular weight is 378 g/mol. The van der Waals surface area contributed by atoms with Gasteiger partial charge >= 0.3 is 0 Å². The van der Waals surface area contributed by atoms with E-state index in [0.717, 1.165) is 28.0 Å². The van der Waals surface area contributed by atoms with Gasteiger partial charge in [0.05, 0.1) is 11.9 Å². The van der Waals surface area contributed by atoms with Gasteiger partial charge in [-0.1, -0.05) is 20.8 Å². The van der Waals surface area contributed by atoms with Crippen LogP contribution in [-0.2, 0) is 4.79 Å². The normalized spacial score (nSPS) is 22.1. The van der Waals surface area contributed by atoms with Gasteiger partial charge in [0.15, 0.2) is 0 Å². The van der Waals surface area contributed by atoms with Crippen LogP contribution in [0.4, 0.5) is 5.69 Å². The number of amides is 1. The second-order valence-corrected chi connectivity index (χ2v) is 7.87. The largest absolute Gasteiger partial charge is 0.339 e. The molecule has 3 aromatic heterocycles. The van der Waals surface area contributed by atoms with E-state index in [-0.39, 0.29) is 23.9 Å². The number of aromatic nitrogens is 3. The minimum Gasteiger partial charge on any atom is -0.339 e. The van der Waals surface area contributed by atoms with Gasteiger partial charge in [0.2, 0.25) is 5.91 Å². The Morgan fingerprint density at radius 3 is 2.68 bits per heavy atom. The number of aromatic amines is 1. The number of rotatable bonds is 4. The molecule has 1 saturated heterocycles. The molecule has 1 aliphatic rings. The lowest BCUT2D eigenvalue weighted by atomic mass is 9.97. The molecule has 1 aliphatic heterocycles. The first kappa shape index (κ1) is 18.6. The van der Waals surface area contributed by atoms with Crippen LogP contribution in [0.25, 0.3) is 22.3 Å². The summed E-state index contributed by atoms with van der Waals surface area (Å²) in [5.41, 5.74) is 10.8. The van der Waals surface area contributed by atoms with Crippen molar-refractivity contribution in [1.82, 2.24) is 25.8 Å². The van der Waals surface area contributed by atoms with E-state index in [1.807, 2.05) is 18.3 Å². The Morgan fingerprint density at radius 2 is 1.96 bits per heavy atom. The standard InChI is InChI=1S/C21H26N6O/c1-11(2)17-8-14(5-6-22-17)18-9-15-7-16(10-23-20(15)25-18)24-21(28)19-12(3)13(4)26-27-19/h5-13,19,26-27H,1-4H3,(H,23,25)(H,24,28). The number of hydrogen-bond acceptors (Lipinski definition) is 5. The van der Waals surface area contributed by atoms with Crippen molar-refractivity contribution in [2.45, 2.75) is 45.7 Å². The first-order valence-corrected chi connectivity index (χ1v) is 9.69. The lowest BCUT2D eigenvalue weighted by Crippen LogP contribution is -2.41. The van der Waals surface area contributed by atoms with Crippen molar-refractivity contribution in [2.24, 2.45) is 5.92 Å². The average Bonchev–Trinajstić information content (AvgIpc) is 3.25. The molecule has 0 aromatic carbocycles. The van der Waals surface area contributed by atoms with Crippen molar-refractivity contribution in [3.05, 3.63) is 42.4 Å². The maximum Gasteiger partial charge on any atom is 0.243 e. The van der Waals surface area contributed by atoms with Crippen LogP contribution in [0.1, 0.15) is 39.3 Å². The third kappa shape index (κ3) is 3.50. The van der Waals surface area contributed by atoms with Gasteiger partial charge in [-0.15, -0.1) is 0 Å². The number of pyridine rings is 2. The molecule has 3 aromatic rings. The third-order valence-electron chi connectivity index (χ3n) is 5.48. The van der Waals surface area contributed by atoms with Crippen LogP contribution in [0, 0.1) is 5.92 Å². The molecule has 1 fully saturated rings. The maximum atomic E-state index is 12.6. The molecule has 3 atom stereocenters. The van der Waals surface area contributed by atoms with Gasteiger partial charge in [-0.3, -0.25) is 15.2 Å². The summed E-state index contributed by atoms with van der Waals surface area (Å²) in [4.78, 5) is 24.8. The summed E-state index contributed by atoms with van der Waals surface area (Å²) in [6.45, 7) is 8.37. The predicted octanol–water partition coefficient (Wildman–Crippen LogP) is 3.19. The van der Waals surface area contributed by atoms with Gasteiger partial charge in [0.1, 0.15) is 11.7 Å². The number of hydrazine groups is 1. The molecule has 4 rings (SSSR count). The summed E-state index contributed by atoms with van der Waals surface area (Å²) < 4.78 is 0. The number of fused-ring (bicyclic) bond motifs is 1. The molecule has 0 saturated carbocycles. The third-order valence-corrected chi connectivity index (χ3v) is 5.48. The monoisotopic (exact) mass is 378 g/mol. The first-order valence-electron chi connectivity index (χ1n) is 9.69. The van der Waals surface area contributed by atoms with E-state index in [1.165, 1.54) is 0 Å². The second kappa shape index (κ2) is 7.33. The molecule has 4 heterocycles. The van der Waals surface area contributed by atoms with Crippen LogP contribution >= 0.6 is 0 Å². The summed E-state index contributed by atoms with van der Waals surface area (Å²) in [7, 11) is 0. The zero-order chi connectivity index (χ0) is 19.8. The highest BCUT2D eigenvalue weighted by atomic mass is 16.2. The molecular weight excluding hydrogens is 352 g/mol. The van der Waals surface area contributed by atoms with Crippen LogP contribution in [0.15, 0.2) is 36.7 Å². The van der Waals surface area contributed by atoms with E-state index < -0.39 is 0 Å². The molecule has 7 heteroatoms. The molecule has 7 nitrogen and oxygen atoms in total. The van der Waals surface area contributed by atoms with Crippen LogP contribution < -0.4 is 16.2 Å². The van der Waals surface area contributed by atoms with E-state index in [0.29, 0.717) is 11.6 Å². The second-order valence-electron chi connectivity index (χ2n) is 7.87. The highest BCUT2D eigenvalue weighted by Gasteiger charge is 2.34. The van der Waals surface area contributed by atoms with Crippen molar-refractivity contribution in [3.8, 4) is 11.3 Å². The van der Waals surface area contributed by atoms with E-state index in [9.17, 15) is 4.79 Å². The summed E-state index contributed by atoms with van der Waals surface area (Å²) in [5, 5.41) is 3.93. The molecular formula is C21H26N6O. The zero-order valence-electron chi connectivity index (χ0n) is 16.6. The first-order chi connectivity index (χ1) is 13.4. The van der Waals surface area contributed by atoms with Crippen molar-refractivity contribution >= 4 is 22.6 Å². The lowest BCUT2D eigenvalue weighted by Gasteiger charge is -2.15. The Labute approximate surface area is 164 Å². The van der Waals surface area contributed by atoms with Gasteiger partial charge in [0, 0.05) is 34.6 Å². The fraction of sp³-hybridized carbons (Fsp3) is 0.381. The smallest absolute Gasteiger partial charge is 0.243 e. The molecule has 0 bridgehead atoms. The van der Waals surface area contributed by atoms with Crippen molar-refractivity contribution < 1.29 is 4.79 Å². The number of carbonyl (C=O) groups excluding carboxylic acids is 1. The molecule has 4 N–H and O–H groups in total. The Balaban J connectivity index is 1.57. The molecule has 28 heavy (non-hydrogen) atoms. The van der Waals surface area contributed by atoms with E-state index in [2.05, 4.69) is 70.9 Å². The molecule has 0 aliphatic carbocycles. The number of anilines is 1. The molecule has 0 spiro atoms. The Hall–Kier alpha value is -2.77. The maximum absolute atomic E-state index is 12.6. The summed E-state index contributed by atoms with van der Waals surface area (Å²) in [6.07, 6.45) is 3.52. The van der Waals surface area contributed by atoms with Crippen LogP contribution in [0.2, 0.25) is 0 Å². The zero-order valence-corrected chi connectivity index (χ0v) is 16.6. The fourth-order valence-electron chi connectivity index (χ4n) is 3.47. The van der Waals surface area contributed by atoms with Crippen LogP contribution in [0.3, 0.4) is 0 Å². The minimum atomic E-state index is -0.265. The Morgan fingerprint density at radius 1 is 1.14 bits per heavy atom. The number of nitrogens with one attached hydrogen (secondary N) is 4. The quantitative estimate of drug-likeness (QED) is 0.559. The molecule has 0 radical (unpaired) electrons. The SMILES string of the molecule is CC(C)c1cc(-c2cc3cc(NC(=O)C4NNC(C)C4C)cnc3[nH]2)ccn1. The predicted molar refractivity (Wildman–Crippen MR) is 111 cm³/mol. The van der Waals surface area contributed by atoms with Gasteiger partial charge in [-0.05, 0) is 43.0 Å². The highest BCUT2D eigenvalue weighted by molar-refractivity contribution is 5.97. The van der Waals surface area contributed by atoms with Crippen LogP contribution in [-0.4, -0.2) is 32.9 Å². The summed E-state index contributed by atoms with van der Waals surface area (Å²) in [6, 6.07) is 8.07. The number of carbonyl (C=O) groups is 1. The molecule has 146 valence electrons. The van der Waals surface area contributed by atoms with Crippen LogP contribution in [0.5, 0.6) is 0 Å². The summed E-state index contributed by atoms with van der Waals surface area (Å²) in [5.74, 6) is 0.516. The van der Waals surface area contributed by atoms with E-state index in [1.54, 1.807) is 6.20 Å². The van der Waals surface area contributed by atoms with E-state index in [4.69, 9.17) is 0 Å². The van der Waals surface area contributed by atoms with E-state index >= 15 is 0 Å². The number of hydrogen-bond donors (Lipinski definition) is 4. The topological polar surface area (TPSA) is 94.7 Å². The van der Waals surface area contributed by atoms with Crippen molar-refractivity contribution in [1.29, 1.82) is 0 Å².